The molecule has 0 aromatic rings. The summed E-state index contributed by atoms with van der Waals surface area (Å²) in [5.41, 5.74) is -0.487. The minimum absolute atomic E-state index is 0.0116. The summed E-state index contributed by atoms with van der Waals surface area (Å²) < 4.78 is 0. The van der Waals surface area contributed by atoms with Gasteiger partial charge in [-0.25, -0.2) is 0 Å². The molecule has 0 aliphatic heterocycles. The van der Waals surface area contributed by atoms with Crippen molar-refractivity contribution in [1.29, 1.82) is 0 Å². The third-order valence-corrected chi connectivity index (χ3v) is 3.85. The highest BCUT2D eigenvalue weighted by atomic mass is 32.2. The van der Waals surface area contributed by atoms with Crippen LogP contribution in [-0.4, -0.2) is 34.5 Å². The lowest BCUT2D eigenvalue weighted by Gasteiger charge is -2.37. The van der Waals surface area contributed by atoms with E-state index in [0.29, 0.717) is 6.42 Å². The van der Waals surface area contributed by atoms with Crippen LogP contribution < -0.4 is 5.32 Å². The van der Waals surface area contributed by atoms with Crippen LogP contribution in [0.5, 0.6) is 0 Å². The molecule has 0 saturated heterocycles. The smallest absolute Gasteiger partial charge is 0.305 e. The van der Waals surface area contributed by atoms with E-state index in [4.69, 9.17) is 5.11 Å². The normalized spacial score (nSPS) is 18.6. The van der Waals surface area contributed by atoms with E-state index in [1.165, 1.54) is 0 Å². The van der Waals surface area contributed by atoms with E-state index in [1.807, 2.05) is 6.26 Å². The molecule has 1 aliphatic carbocycles. The Morgan fingerprint density at radius 2 is 1.94 bits per heavy atom. The molecule has 0 bridgehead atoms. The van der Waals surface area contributed by atoms with Gasteiger partial charge in [0.25, 0.3) is 0 Å². The average molecular weight is 259 g/mol. The Bertz CT molecular complexity index is 275. The first-order valence-electron chi connectivity index (χ1n) is 6.10. The summed E-state index contributed by atoms with van der Waals surface area (Å²) in [6, 6.07) is 0. The first-order chi connectivity index (χ1) is 8.08. The Kier molecular flexibility index (Phi) is 5.82. The summed E-state index contributed by atoms with van der Waals surface area (Å²) in [5.74, 6) is -0.0470. The zero-order valence-electron chi connectivity index (χ0n) is 10.3. The van der Waals surface area contributed by atoms with Crippen LogP contribution in [0.2, 0.25) is 0 Å². The molecule has 0 aromatic carbocycles. The lowest BCUT2D eigenvalue weighted by Crippen LogP contribution is -2.51. The maximum absolute atomic E-state index is 11.7. The van der Waals surface area contributed by atoms with E-state index in [0.717, 1.165) is 37.9 Å². The van der Waals surface area contributed by atoms with Gasteiger partial charge in [0, 0.05) is 12.2 Å². The minimum atomic E-state index is -0.822. The maximum atomic E-state index is 11.7. The quantitative estimate of drug-likeness (QED) is 0.766. The fourth-order valence-corrected chi connectivity index (χ4v) is 2.81. The molecular formula is C12H21NO3S. The molecule has 1 fully saturated rings. The van der Waals surface area contributed by atoms with Crippen molar-refractivity contribution in [2.45, 2.75) is 50.5 Å². The first-order valence-corrected chi connectivity index (χ1v) is 7.49. The van der Waals surface area contributed by atoms with Gasteiger partial charge in [-0.2, -0.15) is 11.8 Å². The second kappa shape index (κ2) is 6.89. The van der Waals surface area contributed by atoms with E-state index in [2.05, 4.69) is 5.32 Å². The van der Waals surface area contributed by atoms with Gasteiger partial charge in [-0.05, 0) is 19.1 Å². The van der Waals surface area contributed by atoms with Crippen molar-refractivity contribution >= 4 is 23.6 Å². The molecule has 4 nitrogen and oxygen atoms in total. The number of rotatable bonds is 6. The molecule has 0 spiro atoms. The van der Waals surface area contributed by atoms with Gasteiger partial charge in [0.15, 0.2) is 0 Å². The van der Waals surface area contributed by atoms with Gasteiger partial charge in [0.1, 0.15) is 0 Å². The number of carbonyl (C=O) groups is 2. The molecule has 0 radical (unpaired) electrons. The molecule has 0 unspecified atom stereocenters. The Hall–Kier alpha value is -0.710. The number of carbonyl (C=O) groups excluding carboxylic acids is 1. The van der Waals surface area contributed by atoms with Gasteiger partial charge in [0.05, 0.1) is 12.0 Å². The van der Waals surface area contributed by atoms with E-state index >= 15 is 0 Å². The fraction of sp³-hybridized carbons (Fsp3) is 0.833. The SMILES string of the molecule is CSCCC(=O)NC1(CC(=O)O)CCCCC1. The third kappa shape index (κ3) is 4.98. The van der Waals surface area contributed by atoms with Gasteiger partial charge in [-0.3, -0.25) is 9.59 Å². The number of hydrogen-bond donors (Lipinski definition) is 2. The van der Waals surface area contributed by atoms with E-state index < -0.39 is 11.5 Å². The number of nitrogens with one attached hydrogen (secondary N) is 1. The van der Waals surface area contributed by atoms with Gasteiger partial charge in [-0.15, -0.1) is 0 Å². The van der Waals surface area contributed by atoms with Crippen LogP contribution in [0, 0.1) is 0 Å². The van der Waals surface area contributed by atoms with E-state index in [-0.39, 0.29) is 12.3 Å². The Labute approximate surface area is 107 Å². The lowest BCUT2D eigenvalue weighted by atomic mass is 9.79. The summed E-state index contributed by atoms with van der Waals surface area (Å²) >= 11 is 1.63. The molecule has 2 N–H and O–H groups in total. The summed E-state index contributed by atoms with van der Waals surface area (Å²) in [6.45, 7) is 0. The Morgan fingerprint density at radius 1 is 1.29 bits per heavy atom. The largest absolute Gasteiger partial charge is 0.481 e. The number of amides is 1. The molecule has 1 aliphatic rings. The number of aliphatic carboxylic acids is 1. The predicted molar refractivity (Wildman–Crippen MR) is 69.2 cm³/mol. The van der Waals surface area contributed by atoms with Crippen LogP contribution in [-0.2, 0) is 9.59 Å². The van der Waals surface area contributed by atoms with Crippen molar-refractivity contribution < 1.29 is 14.7 Å². The third-order valence-electron chi connectivity index (χ3n) is 3.24. The van der Waals surface area contributed by atoms with Crippen LogP contribution in [0.1, 0.15) is 44.9 Å². The van der Waals surface area contributed by atoms with Crippen LogP contribution in [0.4, 0.5) is 0 Å². The molecule has 1 rings (SSSR count). The number of hydrogen-bond acceptors (Lipinski definition) is 3. The molecule has 98 valence electrons. The highest BCUT2D eigenvalue weighted by Crippen LogP contribution is 2.31. The number of carboxylic acid groups (broad SMARTS) is 1. The summed E-state index contributed by atoms with van der Waals surface area (Å²) in [5, 5.41) is 11.9. The van der Waals surface area contributed by atoms with Gasteiger partial charge in [-0.1, -0.05) is 19.3 Å². The molecule has 17 heavy (non-hydrogen) atoms. The summed E-state index contributed by atoms with van der Waals surface area (Å²) in [7, 11) is 0. The molecule has 0 aromatic heterocycles. The van der Waals surface area contributed by atoms with Crippen molar-refractivity contribution in [3.05, 3.63) is 0 Å². The minimum Gasteiger partial charge on any atom is -0.481 e. The number of thioether (sulfide) groups is 1. The van der Waals surface area contributed by atoms with Gasteiger partial charge in [0.2, 0.25) is 5.91 Å². The van der Waals surface area contributed by atoms with Crippen molar-refractivity contribution in [2.75, 3.05) is 12.0 Å². The van der Waals surface area contributed by atoms with Crippen molar-refractivity contribution in [3.8, 4) is 0 Å². The predicted octanol–water partition coefficient (Wildman–Crippen LogP) is 2.03. The van der Waals surface area contributed by atoms with Crippen LogP contribution in [0.3, 0.4) is 0 Å². The molecule has 0 heterocycles. The average Bonchev–Trinajstić information content (AvgIpc) is 2.26. The van der Waals surface area contributed by atoms with E-state index in [9.17, 15) is 9.59 Å². The lowest BCUT2D eigenvalue weighted by molar-refractivity contribution is -0.139. The highest BCUT2D eigenvalue weighted by molar-refractivity contribution is 7.98. The zero-order chi connectivity index (χ0) is 12.7. The first kappa shape index (κ1) is 14.4. The van der Waals surface area contributed by atoms with Crippen LogP contribution >= 0.6 is 11.8 Å². The maximum Gasteiger partial charge on any atom is 0.305 e. The monoisotopic (exact) mass is 259 g/mol. The van der Waals surface area contributed by atoms with Gasteiger partial charge < -0.3 is 10.4 Å². The second-order valence-electron chi connectivity index (χ2n) is 4.70. The van der Waals surface area contributed by atoms with Crippen molar-refractivity contribution in [2.24, 2.45) is 0 Å². The second-order valence-corrected chi connectivity index (χ2v) is 5.69. The standard InChI is InChI=1S/C12H21NO3S/c1-17-8-5-10(14)13-12(9-11(15)16)6-3-2-4-7-12/h2-9H2,1H3,(H,13,14)(H,15,16). The molecule has 1 saturated carbocycles. The van der Waals surface area contributed by atoms with Crippen molar-refractivity contribution in [3.63, 3.8) is 0 Å². The molecule has 1 amide bonds. The van der Waals surface area contributed by atoms with E-state index in [1.54, 1.807) is 11.8 Å². The Morgan fingerprint density at radius 3 is 2.47 bits per heavy atom. The molecular weight excluding hydrogens is 238 g/mol. The number of carboxylic acids is 1. The summed E-state index contributed by atoms with van der Waals surface area (Å²) in [6.07, 6.45) is 7.24. The van der Waals surface area contributed by atoms with Crippen molar-refractivity contribution in [1.82, 2.24) is 5.32 Å². The zero-order valence-corrected chi connectivity index (χ0v) is 11.1. The van der Waals surface area contributed by atoms with Crippen LogP contribution in [0.15, 0.2) is 0 Å². The Balaban J connectivity index is 2.56. The topological polar surface area (TPSA) is 66.4 Å². The van der Waals surface area contributed by atoms with Gasteiger partial charge >= 0.3 is 5.97 Å². The summed E-state index contributed by atoms with van der Waals surface area (Å²) in [4.78, 5) is 22.7. The molecule has 0 atom stereocenters. The highest BCUT2D eigenvalue weighted by Gasteiger charge is 2.35. The fourth-order valence-electron chi connectivity index (χ4n) is 2.42. The van der Waals surface area contributed by atoms with Crippen LogP contribution in [0.25, 0.3) is 0 Å². The molecule has 5 heteroatoms.